The van der Waals surface area contributed by atoms with Crippen molar-refractivity contribution < 1.29 is 37.2 Å². The minimum atomic E-state index is 0. The van der Waals surface area contributed by atoms with Crippen LogP contribution in [0.25, 0.3) is 0 Å². The van der Waals surface area contributed by atoms with Crippen molar-refractivity contribution in [1.29, 1.82) is 0 Å². The Kier molecular flexibility index (Phi) is 435. The summed E-state index contributed by atoms with van der Waals surface area (Å²) in [4.78, 5) is 0. The summed E-state index contributed by atoms with van der Waals surface area (Å²) >= 11 is 0. The average molecular weight is 164 g/mol. The molecule has 0 unspecified atom stereocenters. The number of hydrogen-bond acceptors (Lipinski definition) is 0. The fourth-order valence-corrected chi connectivity index (χ4v) is 0. The Balaban J connectivity index is 0. The van der Waals surface area contributed by atoms with E-state index in [1.807, 2.05) is 0 Å². The van der Waals surface area contributed by atoms with Crippen LogP contribution < -0.4 is 43.4 Å². The standard InChI is InChI=1S/Ca.3ClH.H3N/h;3*1H;1H3/q+2;;;;/p-2. The van der Waals surface area contributed by atoms with Gasteiger partial charge in [0.25, 0.3) is 0 Å². The fourth-order valence-electron chi connectivity index (χ4n) is 0. The topological polar surface area (TPSA) is 36.5 Å². The van der Waals surface area contributed by atoms with E-state index in [1.54, 1.807) is 0 Å². The predicted octanol–water partition coefficient (Wildman–Crippen LogP) is -8.99. The molecule has 0 atom stereocenters. The van der Waals surface area contributed by atoms with E-state index in [-0.39, 0.29) is 81.1 Å². The van der Waals surface area contributed by atoms with Crippen molar-refractivity contribution in [1.82, 2.24) is 6.15 Å². The third kappa shape index (κ3) is 23.3. The van der Waals surface area contributed by atoms with E-state index in [1.165, 1.54) is 0 Å². The molecule has 0 aromatic heterocycles. The summed E-state index contributed by atoms with van der Waals surface area (Å²) < 4.78 is 0. The van der Waals surface area contributed by atoms with Crippen LogP contribution >= 0.6 is 0 Å². The van der Waals surface area contributed by atoms with Crippen LogP contribution in [0.1, 0.15) is 0 Å². The maximum absolute atomic E-state index is 0. The van der Waals surface area contributed by atoms with Crippen LogP contribution in [-0.4, -0.2) is 37.7 Å². The molecular weight excluding hydrogens is 160 g/mol. The molecule has 0 heterocycles. The minimum absolute atomic E-state index is 0. The Morgan fingerprint density at radius 3 is 0.600 bits per heavy atom. The summed E-state index contributed by atoms with van der Waals surface area (Å²) in [5, 5.41) is 0. The quantitative estimate of drug-likeness (QED) is 0.345. The van der Waals surface area contributed by atoms with Crippen LogP contribution in [0, 0.1) is 0 Å². The van der Waals surface area contributed by atoms with E-state index in [9.17, 15) is 0 Å². The summed E-state index contributed by atoms with van der Waals surface area (Å²) in [6.07, 6.45) is 0. The zero-order chi connectivity index (χ0) is 0. The summed E-state index contributed by atoms with van der Waals surface area (Å²) in [5.41, 5.74) is 0. The van der Waals surface area contributed by atoms with E-state index in [2.05, 4.69) is 0 Å². The van der Waals surface area contributed by atoms with Crippen LogP contribution in [0.2, 0.25) is 0 Å². The van der Waals surface area contributed by atoms with E-state index < -0.39 is 0 Å². The van der Waals surface area contributed by atoms with Gasteiger partial charge < -0.3 is 43.4 Å². The van der Waals surface area contributed by atoms with Gasteiger partial charge in [0.2, 0.25) is 0 Å². The molecule has 0 rings (SSSR count). The molecule has 0 saturated heterocycles. The van der Waals surface area contributed by atoms with Crippen molar-refractivity contribution >= 4 is 37.7 Å². The fraction of sp³-hybridized carbons (Fsp3) is 0. The minimum Gasteiger partial charge on any atom is -1.00 e. The van der Waals surface area contributed by atoms with Crippen molar-refractivity contribution in [2.75, 3.05) is 0 Å². The van der Waals surface area contributed by atoms with Gasteiger partial charge in [-0.25, -0.2) is 0 Å². The third-order valence-electron chi connectivity index (χ3n) is 0. The molecule has 0 aromatic rings. The van der Waals surface area contributed by atoms with Crippen molar-refractivity contribution in [3.05, 3.63) is 0 Å². The first-order chi connectivity index (χ1) is 0. The molecule has 0 radical (unpaired) electrons. The van der Waals surface area contributed by atoms with Crippen molar-refractivity contribution in [2.45, 2.75) is 0 Å². The van der Waals surface area contributed by atoms with Crippen molar-refractivity contribution in [2.24, 2.45) is 0 Å². The zero-order valence-electron chi connectivity index (χ0n) is 2.84. The van der Waals surface area contributed by atoms with E-state index in [0.717, 1.165) is 0 Å². The van der Waals surface area contributed by atoms with Crippen LogP contribution in [0.4, 0.5) is 0 Å². The number of rotatable bonds is 0. The van der Waals surface area contributed by atoms with Gasteiger partial charge in [-0.2, -0.15) is 0 Å². The molecule has 0 fully saturated rings. The van der Waals surface area contributed by atoms with Gasteiger partial charge in [-0.05, 0) is 0 Å². The molecule has 0 bridgehead atoms. The predicted molar refractivity (Wildman–Crippen MR) is 11.7 cm³/mol. The molecule has 0 aliphatic carbocycles. The van der Waals surface area contributed by atoms with Gasteiger partial charge >= 0.3 is 37.7 Å². The molecule has 0 aliphatic rings. The Bertz CT molecular complexity index is 6.85. The van der Waals surface area contributed by atoms with E-state index >= 15 is 0 Å². The van der Waals surface area contributed by atoms with Gasteiger partial charge in [0.05, 0.1) is 0 Å². The molecule has 1 nitrogen and oxygen atoms in total. The molecule has 32 valence electrons. The summed E-state index contributed by atoms with van der Waals surface area (Å²) in [6, 6.07) is 0. The molecule has 0 saturated carbocycles. The van der Waals surface area contributed by atoms with Gasteiger partial charge in [-0.15, -0.1) is 0 Å². The number of hydrogen-bond donors (Lipinski definition) is 1. The third-order valence-corrected chi connectivity index (χ3v) is 0. The first-order valence-corrected chi connectivity index (χ1v) is 0. The van der Waals surface area contributed by atoms with Crippen LogP contribution in [0.15, 0.2) is 0 Å². The Labute approximate surface area is 80.1 Å². The summed E-state index contributed by atoms with van der Waals surface area (Å²) in [7, 11) is 0. The maximum atomic E-state index is 0. The molecule has 0 amide bonds. The van der Waals surface area contributed by atoms with Crippen molar-refractivity contribution in [3.63, 3.8) is 0 Å². The average Bonchev–Trinajstić information content (AvgIpc) is 0. The Hall–Kier alpha value is 2.09. The van der Waals surface area contributed by atoms with E-state index in [4.69, 9.17) is 0 Å². The van der Waals surface area contributed by atoms with Gasteiger partial charge in [0.1, 0.15) is 0 Å². The maximum Gasteiger partial charge on any atom is 2.00 e. The van der Waals surface area contributed by atoms with Crippen LogP contribution in [0.3, 0.4) is 0 Å². The molecule has 0 aromatic carbocycles. The van der Waals surface area contributed by atoms with Gasteiger partial charge in [-0.1, -0.05) is 0 Å². The first kappa shape index (κ1) is 60.2. The molecular formula is H4CaCl3N. The second-order valence-electron chi connectivity index (χ2n) is 0. The second kappa shape index (κ2) is 36.1. The van der Waals surface area contributed by atoms with Crippen LogP contribution in [0.5, 0.6) is 0 Å². The molecule has 5 heavy (non-hydrogen) atoms. The second-order valence-corrected chi connectivity index (χ2v) is 0. The largest absolute Gasteiger partial charge is 2.00 e. The molecule has 5 heteroatoms. The normalized spacial score (nSPS) is 0. The summed E-state index contributed by atoms with van der Waals surface area (Å²) in [5.74, 6) is 0. The number of halogens is 3. The van der Waals surface area contributed by atoms with E-state index in [0.29, 0.717) is 0 Å². The Morgan fingerprint density at radius 1 is 0.600 bits per heavy atom. The van der Waals surface area contributed by atoms with Gasteiger partial charge in [0, 0.05) is 0 Å². The zero-order valence-corrected chi connectivity index (χ0v) is 7.32. The number of quaternary nitrogens is 1. The monoisotopic (exact) mass is 163 g/mol. The molecule has 4 N–H and O–H groups in total. The first-order valence-electron chi connectivity index (χ1n) is 0. The van der Waals surface area contributed by atoms with Gasteiger partial charge in [0.15, 0.2) is 0 Å². The van der Waals surface area contributed by atoms with Crippen molar-refractivity contribution in [3.8, 4) is 0 Å². The Morgan fingerprint density at radius 2 is 0.600 bits per heavy atom. The SMILES string of the molecule is [Ca+2].[Cl-].[Cl-].[Cl-].[NH4+]. The van der Waals surface area contributed by atoms with Gasteiger partial charge in [-0.3, -0.25) is 0 Å². The molecule has 0 aliphatic heterocycles. The van der Waals surface area contributed by atoms with Crippen LogP contribution in [-0.2, 0) is 0 Å². The molecule has 0 spiro atoms. The smallest absolute Gasteiger partial charge is 1.00 e. The summed E-state index contributed by atoms with van der Waals surface area (Å²) in [6.45, 7) is 0.